The number of benzene rings is 1. The smallest absolute Gasteiger partial charge is 0.423 e. The summed E-state index contributed by atoms with van der Waals surface area (Å²) in [6, 6.07) is 7.93. The molecule has 1 aliphatic carbocycles. The number of rotatable bonds is 4. The van der Waals surface area contributed by atoms with E-state index in [0.717, 1.165) is 18.5 Å². The van der Waals surface area contributed by atoms with Gasteiger partial charge in [-0.1, -0.05) is 22.9 Å². The lowest BCUT2D eigenvalue weighted by molar-refractivity contribution is 0.421. The first-order chi connectivity index (χ1) is 12.0. The maximum absolute atomic E-state index is 11.9. The fourth-order valence-electron chi connectivity index (χ4n) is 2.63. The summed E-state index contributed by atoms with van der Waals surface area (Å²) in [6.45, 7) is 0. The Balaban J connectivity index is 1.82. The van der Waals surface area contributed by atoms with Crippen LogP contribution in [0, 0.1) is 0 Å². The van der Waals surface area contributed by atoms with Crippen molar-refractivity contribution in [2.75, 3.05) is 0 Å². The van der Waals surface area contributed by atoms with Gasteiger partial charge in [-0.2, -0.15) is 0 Å². The van der Waals surface area contributed by atoms with E-state index >= 15 is 0 Å². The third-order valence-electron chi connectivity index (χ3n) is 4.11. The van der Waals surface area contributed by atoms with Crippen LogP contribution in [0.3, 0.4) is 0 Å². The quantitative estimate of drug-likeness (QED) is 0.678. The van der Waals surface area contributed by atoms with Crippen LogP contribution in [0.15, 0.2) is 45.7 Å². The number of hydrogen-bond donors (Lipinski definition) is 2. The fourth-order valence-corrected chi connectivity index (χ4v) is 2.80. The molecule has 1 saturated carbocycles. The van der Waals surface area contributed by atoms with E-state index in [0.29, 0.717) is 22.2 Å². The highest BCUT2D eigenvalue weighted by Crippen LogP contribution is 2.39. The van der Waals surface area contributed by atoms with Crippen LogP contribution < -0.4 is 11.1 Å². The van der Waals surface area contributed by atoms with E-state index in [-0.39, 0.29) is 11.2 Å². The lowest BCUT2D eigenvalue weighted by atomic mass is 9.81. The van der Waals surface area contributed by atoms with Crippen molar-refractivity contribution in [3.8, 4) is 17.0 Å². The first-order valence-corrected chi connectivity index (χ1v) is 8.13. The second-order valence-electron chi connectivity index (χ2n) is 5.94. The van der Waals surface area contributed by atoms with Crippen molar-refractivity contribution in [2.24, 2.45) is 0 Å². The van der Waals surface area contributed by atoms with Gasteiger partial charge in [-0.15, -0.1) is 5.10 Å². The van der Waals surface area contributed by atoms with E-state index in [1.165, 1.54) is 12.1 Å². The second kappa shape index (κ2) is 6.14. The van der Waals surface area contributed by atoms with Crippen LogP contribution in [0.4, 0.5) is 0 Å². The standard InChI is InChI=1S/C16H13BClN3O4/c18-10-3-5-14(21-8-13(19-20-21)9-1-2-9)11(7-10)15-6-4-12(17(23)24)16(22)25-15/h3-9,23-24H,1-2H2. The van der Waals surface area contributed by atoms with E-state index in [1.54, 1.807) is 22.9 Å². The topological polar surface area (TPSA) is 101 Å². The third kappa shape index (κ3) is 3.11. The number of halogens is 1. The van der Waals surface area contributed by atoms with Crippen molar-refractivity contribution in [1.29, 1.82) is 0 Å². The van der Waals surface area contributed by atoms with Gasteiger partial charge >= 0.3 is 12.7 Å². The molecular formula is C16H13BClN3O4. The molecule has 25 heavy (non-hydrogen) atoms. The molecule has 1 fully saturated rings. The molecular weight excluding hydrogens is 344 g/mol. The molecule has 0 spiro atoms. The normalized spacial score (nSPS) is 13.9. The first-order valence-electron chi connectivity index (χ1n) is 7.75. The molecule has 0 aliphatic heterocycles. The molecule has 0 radical (unpaired) electrons. The zero-order valence-corrected chi connectivity index (χ0v) is 13.7. The van der Waals surface area contributed by atoms with Crippen LogP contribution in [0.25, 0.3) is 17.0 Å². The highest BCUT2D eigenvalue weighted by atomic mass is 35.5. The molecule has 2 heterocycles. The zero-order chi connectivity index (χ0) is 17.6. The third-order valence-corrected chi connectivity index (χ3v) is 4.34. The summed E-state index contributed by atoms with van der Waals surface area (Å²) in [7, 11) is -1.89. The maximum atomic E-state index is 11.9. The molecule has 0 saturated heterocycles. The van der Waals surface area contributed by atoms with Gasteiger partial charge < -0.3 is 14.5 Å². The second-order valence-corrected chi connectivity index (χ2v) is 6.38. The SMILES string of the molecule is O=c1oc(-c2cc(Cl)ccc2-n2cc(C3CC3)nn2)ccc1B(O)O. The lowest BCUT2D eigenvalue weighted by Crippen LogP contribution is -2.40. The minimum Gasteiger partial charge on any atom is -0.423 e. The van der Waals surface area contributed by atoms with Gasteiger partial charge in [0.2, 0.25) is 0 Å². The van der Waals surface area contributed by atoms with Crippen molar-refractivity contribution in [3.63, 3.8) is 0 Å². The molecule has 1 aliphatic rings. The highest BCUT2D eigenvalue weighted by molar-refractivity contribution is 6.58. The predicted octanol–water partition coefficient (Wildman–Crippen LogP) is 1.10. The van der Waals surface area contributed by atoms with Crippen molar-refractivity contribution >= 4 is 24.2 Å². The van der Waals surface area contributed by atoms with Crippen molar-refractivity contribution in [3.05, 3.63) is 57.7 Å². The molecule has 0 atom stereocenters. The van der Waals surface area contributed by atoms with Gasteiger partial charge in [-0.25, -0.2) is 9.48 Å². The van der Waals surface area contributed by atoms with Crippen molar-refractivity contribution in [1.82, 2.24) is 15.0 Å². The minimum absolute atomic E-state index is 0.232. The Morgan fingerprint density at radius 1 is 1.24 bits per heavy atom. The van der Waals surface area contributed by atoms with Crippen molar-refractivity contribution in [2.45, 2.75) is 18.8 Å². The molecule has 2 N–H and O–H groups in total. The van der Waals surface area contributed by atoms with Crippen LogP contribution >= 0.6 is 11.6 Å². The Bertz CT molecular complexity index is 997. The van der Waals surface area contributed by atoms with Gasteiger partial charge in [0.25, 0.3) is 0 Å². The summed E-state index contributed by atoms with van der Waals surface area (Å²) < 4.78 is 6.86. The predicted molar refractivity (Wildman–Crippen MR) is 92.1 cm³/mol. The molecule has 9 heteroatoms. The summed E-state index contributed by atoms with van der Waals surface area (Å²) in [4.78, 5) is 11.9. The maximum Gasteiger partial charge on any atom is 0.495 e. The Hall–Kier alpha value is -2.42. The molecule has 3 aromatic rings. The molecule has 0 amide bonds. The first kappa shape index (κ1) is 16.1. The van der Waals surface area contributed by atoms with Gasteiger partial charge in [0, 0.05) is 16.5 Å². The summed E-state index contributed by atoms with van der Waals surface area (Å²) in [5, 5.41) is 27.1. The molecule has 7 nitrogen and oxygen atoms in total. The van der Waals surface area contributed by atoms with Crippen LogP contribution in [-0.4, -0.2) is 32.2 Å². The van der Waals surface area contributed by atoms with Crippen LogP contribution in [-0.2, 0) is 0 Å². The highest BCUT2D eigenvalue weighted by Gasteiger charge is 2.27. The Morgan fingerprint density at radius 2 is 2.04 bits per heavy atom. The summed E-state index contributed by atoms with van der Waals surface area (Å²) >= 11 is 6.10. The van der Waals surface area contributed by atoms with Crippen molar-refractivity contribution < 1.29 is 14.5 Å². The number of nitrogens with zero attached hydrogens (tertiary/aromatic N) is 3. The molecule has 4 rings (SSSR count). The summed E-state index contributed by atoms with van der Waals surface area (Å²) in [5.74, 6) is 0.711. The Morgan fingerprint density at radius 3 is 2.72 bits per heavy atom. The van der Waals surface area contributed by atoms with E-state index in [4.69, 9.17) is 26.1 Å². The van der Waals surface area contributed by atoms with Gasteiger partial charge in [-0.3, -0.25) is 0 Å². The van der Waals surface area contributed by atoms with Crippen LogP contribution in [0.1, 0.15) is 24.5 Å². The van der Waals surface area contributed by atoms with E-state index in [2.05, 4.69) is 10.3 Å². The fraction of sp³-hybridized carbons (Fsp3) is 0.188. The number of aromatic nitrogens is 3. The monoisotopic (exact) mass is 357 g/mol. The zero-order valence-electron chi connectivity index (χ0n) is 13.0. The van der Waals surface area contributed by atoms with E-state index in [1.807, 2.05) is 6.20 Å². The largest absolute Gasteiger partial charge is 0.495 e. The van der Waals surface area contributed by atoms with Gasteiger partial charge in [-0.05, 0) is 37.1 Å². The molecule has 1 aromatic carbocycles. The summed E-state index contributed by atoms with van der Waals surface area (Å²) in [5.41, 5.74) is 1.08. The number of hydrogen-bond acceptors (Lipinski definition) is 6. The van der Waals surface area contributed by atoms with Crippen LogP contribution in [0.2, 0.25) is 5.02 Å². The summed E-state index contributed by atoms with van der Waals surface area (Å²) in [6.07, 6.45) is 4.09. The average Bonchev–Trinajstić information content (AvgIpc) is 3.32. The van der Waals surface area contributed by atoms with E-state index in [9.17, 15) is 4.79 Å². The van der Waals surface area contributed by atoms with Gasteiger partial charge in [0.05, 0.1) is 23.0 Å². The van der Waals surface area contributed by atoms with Gasteiger partial charge in [0.15, 0.2) is 0 Å². The molecule has 0 bridgehead atoms. The molecule has 126 valence electrons. The van der Waals surface area contributed by atoms with Gasteiger partial charge in [0.1, 0.15) is 5.76 Å². The van der Waals surface area contributed by atoms with E-state index < -0.39 is 12.7 Å². The minimum atomic E-state index is -1.89. The van der Waals surface area contributed by atoms with Crippen LogP contribution in [0.5, 0.6) is 0 Å². The Labute approximate surface area is 147 Å². The Kier molecular flexibility index (Phi) is 3.95. The molecule has 2 aromatic heterocycles. The molecule has 0 unspecified atom stereocenters. The average molecular weight is 358 g/mol. The lowest BCUT2D eigenvalue weighted by Gasteiger charge is -2.09.